The standard InChI is InChI=1S/C35H24.2C26H16/c1-35(2)30-19-15-21-6-3-4-9-27(21)34(30)29-18-14-25(20-31(29)35)26-16-12-24-11-10-22-7-5-8-23-13-17-28(26)33(24)32(22)23;1-2-9-21-17(5-1)6-4-10-22(21)23-15-13-20-12-11-18-7-3-8-19-14-16-24(23)26(20)25(18)19;1-2-5-21-16-22(11-8-17(21)4-1)23-14-12-20-10-9-18-6-3-7-19-13-15-24(23)26(20)25(18)19/h3-20H,1-2H3;2*1-16H. The molecule has 0 amide bonds. The van der Waals surface area contributed by atoms with E-state index in [-0.39, 0.29) is 5.41 Å². The second kappa shape index (κ2) is 19.0. The first-order valence-electron chi connectivity index (χ1n) is 30.5. The first kappa shape index (κ1) is 49.5. The summed E-state index contributed by atoms with van der Waals surface area (Å²) >= 11 is 0. The van der Waals surface area contributed by atoms with E-state index in [0.29, 0.717) is 0 Å². The van der Waals surface area contributed by atoms with Crippen molar-refractivity contribution in [2.45, 2.75) is 19.3 Å². The van der Waals surface area contributed by atoms with Gasteiger partial charge in [0.15, 0.2) is 0 Å². The quantitative estimate of drug-likeness (QED) is 0.155. The maximum Gasteiger partial charge on any atom is 0.0159 e. The van der Waals surface area contributed by atoms with Crippen molar-refractivity contribution in [3.63, 3.8) is 0 Å². The van der Waals surface area contributed by atoms with E-state index in [1.54, 1.807) is 0 Å². The average Bonchev–Trinajstić information content (AvgIpc) is 1.90. The van der Waals surface area contributed by atoms with Gasteiger partial charge in [-0.15, -0.1) is 0 Å². The third kappa shape index (κ3) is 7.57. The van der Waals surface area contributed by atoms with Crippen molar-refractivity contribution in [2.24, 2.45) is 0 Å². The molecule has 0 fully saturated rings. The van der Waals surface area contributed by atoms with Crippen LogP contribution in [0.1, 0.15) is 25.0 Å². The van der Waals surface area contributed by atoms with Crippen LogP contribution in [0.3, 0.4) is 0 Å². The Labute approximate surface area is 504 Å². The summed E-state index contributed by atoms with van der Waals surface area (Å²) in [6.45, 7) is 4.75. The van der Waals surface area contributed by atoms with Gasteiger partial charge in [-0.3, -0.25) is 0 Å². The van der Waals surface area contributed by atoms with Gasteiger partial charge in [0.1, 0.15) is 0 Å². The molecule has 0 atom stereocenters. The molecule has 20 rings (SSSR count). The molecule has 0 heterocycles. The van der Waals surface area contributed by atoms with Gasteiger partial charge in [0.25, 0.3) is 0 Å². The minimum absolute atomic E-state index is 0.0332. The van der Waals surface area contributed by atoms with Crippen LogP contribution in [0.5, 0.6) is 0 Å². The molecule has 0 nitrogen and oxygen atoms in total. The molecule has 0 N–H and O–H groups in total. The fourth-order valence-electron chi connectivity index (χ4n) is 15.4. The van der Waals surface area contributed by atoms with Crippen molar-refractivity contribution in [3.8, 4) is 44.5 Å². The highest BCUT2D eigenvalue weighted by Crippen LogP contribution is 2.53. The van der Waals surface area contributed by atoms with Gasteiger partial charge in [-0.05, 0) is 197 Å². The van der Waals surface area contributed by atoms with Gasteiger partial charge >= 0.3 is 0 Å². The van der Waals surface area contributed by atoms with E-state index in [1.807, 2.05) is 0 Å². The minimum Gasteiger partial charge on any atom is -0.0616 e. The van der Waals surface area contributed by atoms with Gasteiger partial charge in [0.2, 0.25) is 0 Å². The van der Waals surface area contributed by atoms with Crippen LogP contribution in [-0.2, 0) is 5.41 Å². The van der Waals surface area contributed by atoms with E-state index in [0.717, 1.165) is 0 Å². The number of hydrogen-bond donors (Lipinski definition) is 0. The van der Waals surface area contributed by atoms with Crippen LogP contribution in [0.2, 0.25) is 0 Å². The van der Waals surface area contributed by atoms with Gasteiger partial charge in [0, 0.05) is 5.41 Å². The lowest BCUT2D eigenvalue weighted by Crippen LogP contribution is -2.15. The van der Waals surface area contributed by atoms with E-state index in [2.05, 4.69) is 317 Å². The normalized spacial score (nSPS) is 12.8. The van der Waals surface area contributed by atoms with E-state index in [1.165, 1.54) is 185 Å². The van der Waals surface area contributed by atoms with E-state index in [4.69, 9.17) is 0 Å². The van der Waals surface area contributed by atoms with Crippen molar-refractivity contribution >= 4 is 129 Å². The molecule has 0 aromatic heterocycles. The molecular formula is C87H56. The molecule has 0 radical (unpaired) electrons. The predicted octanol–water partition coefficient (Wildman–Crippen LogP) is 24.5. The molecule has 0 heteroatoms. The molecule has 87 heavy (non-hydrogen) atoms. The first-order chi connectivity index (χ1) is 42.9. The Kier molecular flexibility index (Phi) is 10.8. The first-order valence-corrected chi connectivity index (χ1v) is 30.5. The molecule has 0 aliphatic heterocycles. The Morgan fingerprint density at radius 3 is 1.07 bits per heavy atom. The van der Waals surface area contributed by atoms with Crippen LogP contribution in [-0.4, -0.2) is 0 Å². The summed E-state index contributed by atoms with van der Waals surface area (Å²) in [6, 6.07) is 112. The van der Waals surface area contributed by atoms with Crippen LogP contribution in [0.4, 0.5) is 0 Å². The maximum absolute atomic E-state index is 2.45. The van der Waals surface area contributed by atoms with Gasteiger partial charge in [-0.2, -0.15) is 0 Å². The Hall–Kier alpha value is -10.9. The van der Waals surface area contributed by atoms with Gasteiger partial charge in [0.05, 0.1) is 0 Å². The zero-order chi connectivity index (χ0) is 57.5. The molecule has 0 bridgehead atoms. The van der Waals surface area contributed by atoms with Crippen LogP contribution >= 0.6 is 0 Å². The lowest BCUT2D eigenvalue weighted by atomic mass is 9.81. The summed E-state index contributed by atoms with van der Waals surface area (Å²) in [5.41, 5.74) is 13.4. The van der Waals surface area contributed by atoms with Crippen LogP contribution in [0.15, 0.2) is 303 Å². The molecule has 0 unspecified atom stereocenters. The smallest absolute Gasteiger partial charge is 0.0159 e. The summed E-state index contributed by atoms with van der Waals surface area (Å²) in [7, 11) is 0. The highest BCUT2D eigenvalue weighted by Gasteiger charge is 2.37. The average molecular weight is 1100 g/mol. The second-order valence-electron chi connectivity index (χ2n) is 24.6. The van der Waals surface area contributed by atoms with E-state index >= 15 is 0 Å². The predicted molar refractivity (Wildman–Crippen MR) is 377 cm³/mol. The lowest BCUT2D eigenvalue weighted by Gasteiger charge is -2.22. The number of hydrogen-bond acceptors (Lipinski definition) is 0. The van der Waals surface area contributed by atoms with Gasteiger partial charge < -0.3 is 0 Å². The number of rotatable bonds is 3. The lowest BCUT2D eigenvalue weighted by molar-refractivity contribution is 0.661. The number of fused-ring (bicyclic) bond motifs is 7. The number of benzene rings is 19. The van der Waals surface area contributed by atoms with E-state index in [9.17, 15) is 0 Å². The summed E-state index contributed by atoms with van der Waals surface area (Å²) in [4.78, 5) is 0. The Morgan fingerprint density at radius 1 is 0.184 bits per heavy atom. The highest BCUT2D eigenvalue weighted by molar-refractivity contribution is 6.28. The molecule has 1 aliphatic carbocycles. The molecule has 19 aromatic rings. The molecule has 0 saturated carbocycles. The largest absolute Gasteiger partial charge is 0.0616 e. The van der Waals surface area contributed by atoms with Crippen LogP contribution in [0.25, 0.3) is 174 Å². The summed E-state index contributed by atoms with van der Waals surface area (Å²) in [6.07, 6.45) is 0. The van der Waals surface area contributed by atoms with Crippen LogP contribution < -0.4 is 0 Å². The molecule has 19 aromatic carbocycles. The SMILES string of the molecule is CC1(C)c2cc(-c3ccc4ccc5cccc6ccc3c4c56)ccc2-c2c1ccc1ccccc21.c1ccc2c(-c3ccc4ccc5cccc6ccc3c4c56)cccc2c1.c1ccc2cc(-c3ccc4ccc5cccc6ccc3c4c56)ccc2c1. The molecule has 0 saturated heterocycles. The zero-order valence-corrected chi connectivity index (χ0v) is 48.4. The van der Waals surface area contributed by atoms with Crippen LogP contribution in [0, 0.1) is 0 Å². The van der Waals surface area contributed by atoms with Crippen molar-refractivity contribution in [2.75, 3.05) is 0 Å². The second-order valence-corrected chi connectivity index (χ2v) is 24.6. The third-order valence-electron chi connectivity index (χ3n) is 19.6. The summed E-state index contributed by atoms with van der Waals surface area (Å²) < 4.78 is 0. The fraction of sp³-hybridized carbons (Fsp3) is 0.0345. The Balaban J connectivity index is 0.0000000998. The van der Waals surface area contributed by atoms with Crippen molar-refractivity contribution in [3.05, 3.63) is 314 Å². The molecular weight excluding hydrogens is 1040 g/mol. The summed E-state index contributed by atoms with van der Waals surface area (Å²) in [5.74, 6) is 0. The highest BCUT2D eigenvalue weighted by atomic mass is 14.4. The molecule has 0 spiro atoms. The summed E-state index contributed by atoms with van der Waals surface area (Å²) in [5, 5.41) is 32.0. The fourth-order valence-corrected chi connectivity index (χ4v) is 15.4. The van der Waals surface area contributed by atoms with Gasteiger partial charge in [-0.25, -0.2) is 0 Å². The third-order valence-corrected chi connectivity index (χ3v) is 19.6. The van der Waals surface area contributed by atoms with Gasteiger partial charge in [-0.1, -0.05) is 305 Å². The molecule has 1 aliphatic rings. The van der Waals surface area contributed by atoms with E-state index < -0.39 is 0 Å². The van der Waals surface area contributed by atoms with Crippen molar-refractivity contribution < 1.29 is 0 Å². The van der Waals surface area contributed by atoms with Crippen molar-refractivity contribution in [1.82, 2.24) is 0 Å². The Bertz CT molecular complexity index is 5920. The minimum atomic E-state index is -0.0332. The molecule has 404 valence electrons. The van der Waals surface area contributed by atoms with Crippen molar-refractivity contribution in [1.29, 1.82) is 0 Å². The zero-order valence-electron chi connectivity index (χ0n) is 48.4. The monoisotopic (exact) mass is 1100 g/mol. The topological polar surface area (TPSA) is 0 Å². The maximum atomic E-state index is 2.45. The Morgan fingerprint density at radius 2 is 0.517 bits per heavy atom.